The van der Waals surface area contributed by atoms with Gasteiger partial charge in [0.05, 0.1) is 5.02 Å². The molecule has 1 saturated heterocycles. The summed E-state index contributed by atoms with van der Waals surface area (Å²) in [4.78, 5) is 13.9. The molecule has 0 radical (unpaired) electrons. The number of hydrogen-bond donors (Lipinski definition) is 1. The number of piperazine rings is 1. The average Bonchev–Trinajstić information content (AvgIpc) is 2.38. The van der Waals surface area contributed by atoms with Gasteiger partial charge in [0.2, 0.25) is 0 Å². The van der Waals surface area contributed by atoms with Crippen LogP contribution in [0.4, 0.5) is 0 Å². The van der Waals surface area contributed by atoms with Gasteiger partial charge >= 0.3 is 0 Å². The number of nitrogens with zero attached hydrogens (tertiary/aromatic N) is 1. The Morgan fingerprint density at radius 1 is 1.53 bits per heavy atom. The van der Waals surface area contributed by atoms with E-state index in [2.05, 4.69) is 5.32 Å². The number of ether oxygens (including phenoxy) is 1. The molecule has 1 fully saturated rings. The molecule has 0 saturated carbocycles. The normalized spacial score (nSPS) is 19.3. The van der Waals surface area contributed by atoms with Crippen molar-refractivity contribution in [1.29, 1.82) is 0 Å². The van der Waals surface area contributed by atoms with Crippen molar-refractivity contribution in [3.63, 3.8) is 0 Å². The van der Waals surface area contributed by atoms with Crippen LogP contribution < -0.4 is 10.1 Å². The number of carbonyl (C=O) groups excluding carboxylic acids is 1. The Bertz CT molecular complexity index is 468. The Morgan fingerprint density at radius 2 is 2.32 bits per heavy atom. The molecule has 1 aliphatic heterocycles. The zero-order valence-corrected chi connectivity index (χ0v) is 12.2. The third-order valence-corrected chi connectivity index (χ3v) is 3.60. The minimum Gasteiger partial charge on any atom is -0.482 e. The fraction of sp³-hybridized carbons (Fsp3) is 0.462. The number of hydrogen-bond acceptors (Lipinski definition) is 3. The van der Waals surface area contributed by atoms with Gasteiger partial charge in [-0.05, 0) is 25.1 Å². The molecule has 2 rings (SSSR count). The molecule has 1 atom stereocenters. The summed E-state index contributed by atoms with van der Waals surface area (Å²) in [6, 6.07) is 5.13. The van der Waals surface area contributed by atoms with Gasteiger partial charge < -0.3 is 15.0 Å². The monoisotopic (exact) mass is 302 g/mol. The summed E-state index contributed by atoms with van der Waals surface area (Å²) in [6.45, 7) is 4.34. The number of carbonyl (C=O) groups is 1. The molecule has 19 heavy (non-hydrogen) atoms. The molecule has 6 heteroatoms. The molecular weight excluding hydrogens is 287 g/mol. The van der Waals surface area contributed by atoms with Crippen molar-refractivity contribution in [2.24, 2.45) is 0 Å². The lowest BCUT2D eigenvalue weighted by atomic mass is 10.2. The fourth-order valence-electron chi connectivity index (χ4n) is 2.03. The number of halogens is 2. The molecule has 0 unspecified atom stereocenters. The lowest BCUT2D eigenvalue weighted by molar-refractivity contribution is -0.136. The molecule has 0 spiro atoms. The maximum Gasteiger partial charge on any atom is 0.260 e. The summed E-state index contributed by atoms with van der Waals surface area (Å²) in [7, 11) is 0. The highest BCUT2D eigenvalue weighted by atomic mass is 35.5. The van der Waals surface area contributed by atoms with Crippen molar-refractivity contribution in [3.8, 4) is 5.75 Å². The van der Waals surface area contributed by atoms with Crippen LogP contribution in [-0.2, 0) is 4.79 Å². The van der Waals surface area contributed by atoms with Gasteiger partial charge in [-0.15, -0.1) is 0 Å². The number of benzene rings is 1. The second-order valence-corrected chi connectivity index (χ2v) is 5.35. The first-order valence-corrected chi connectivity index (χ1v) is 6.91. The van der Waals surface area contributed by atoms with Gasteiger partial charge in [0.25, 0.3) is 5.91 Å². The summed E-state index contributed by atoms with van der Waals surface area (Å²) in [6.07, 6.45) is 0. The Kier molecular flexibility index (Phi) is 4.91. The first-order chi connectivity index (χ1) is 9.08. The molecule has 1 heterocycles. The Balaban J connectivity index is 1.92. The van der Waals surface area contributed by atoms with Crippen molar-refractivity contribution in [3.05, 3.63) is 28.2 Å². The van der Waals surface area contributed by atoms with Crippen LogP contribution in [-0.4, -0.2) is 43.1 Å². The molecule has 1 N–H and O–H groups in total. The highest BCUT2D eigenvalue weighted by Gasteiger charge is 2.23. The van der Waals surface area contributed by atoms with Crippen LogP contribution >= 0.6 is 23.2 Å². The van der Waals surface area contributed by atoms with E-state index in [9.17, 15) is 4.79 Å². The number of amides is 1. The van der Waals surface area contributed by atoms with Gasteiger partial charge in [0.15, 0.2) is 6.61 Å². The molecule has 4 nitrogen and oxygen atoms in total. The van der Waals surface area contributed by atoms with E-state index in [1.54, 1.807) is 18.2 Å². The highest BCUT2D eigenvalue weighted by molar-refractivity contribution is 6.35. The van der Waals surface area contributed by atoms with Crippen LogP contribution in [0.15, 0.2) is 18.2 Å². The number of rotatable bonds is 3. The van der Waals surface area contributed by atoms with Crippen LogP contribution in [0.2, 0.25) is 10.0 Å². The zero-order chi connectivity index (χ0) is 13.8. The van der Waals surface area contributed by atoms with Crippen LogP contribution in [0, 0.1) is 0 Å². The van der Waals surface area contributed by atoms with Crippen molar-refractivity contribution in [1.82, 2.24) is 10.2 Å². The van der Waals surface area contributed by atoms with Gasteiger partial charge in [-0.3, -0.25) is 4.79 Å². The van der Waals surface area contributed by atoms with Gasteiger partial charge in [-0.2, -0.15) is 0 Å². The third kappa shape index (κ3) is 3.75. The Morgan fingerprint density at radius 3 is 3.00 bits per heavy atom. The summed E-state index contributed by atoms with van der Waals surface area (Å²) >= 11 is 11.8. The van der Waals surface area contributed by atoms with E-state index in [1.165, 1.54) is 0 Å². The largest absolute Gasteiger partial charge is 0.482 e. The molecule has 1 aliphatic rings. The molecule has 0 aromatic heterocycles. The van der Waals surface area contributed by atoms with Gasteiger partial charge in [-0.1, -0.05) is 23.2 Å². The van der Waals surface area contributed by atoms with Crippen molar-refractivity contribution >= 4 is 29.1 Å². The summed E-state index contributed by atoms with van der Waals surface area (Å²) in [5, 5.41) is 4.19. The first-order valence-electron chi connectivity index (χ1n) is 6.16. The molecule has 1 aromatic rings. The zero-order valence-electron chi connectivity index (χ0n) is 10.7. The lowest BCUT2D eigenvalue weighted by Crippen LogP contribution is -2.53. The summed E-state index contributed by atoms with van der Waals surface area (Å²) in [5.41, 5.74) is 0. The van der Waals surface area contributed by atoms with Gasteiger partial charge in [0.1, 0.15) is 5.75 Å². The Labute approximate surface area is 122 Å². The van der Waals surface area contributed by atoms with Crippen molar-refractivity contribution in [2.45, 2.75) is 13.0 Å². The van der Waals surface area contributed by atoms with Crippen molar-refractivity contribution < 1.29 is 9.53 Å². The second-order valence-electron chi connectivity index (χ2n) is 4.50. The minimum atomic E-state index is -0.0278. The van der Waals surface area contributed by atoms with Crippen LogP contribution in [0.5, 0.6) is 5.75 Å². The lowest BCUT2D eigenvalue weighted by Gasteiger charge is -2.33. The average molecular weight is 303 g/mol. The van der Waals surface area contributed by atoms with E-state index in [4.69, 9.17) is 27.9 Å². The minimum absolute atomic E-state index is 0.00824. The molecule has 0 bridgehead atoms. The predicted molar refractivity (Wildman–Crippen MR) is 76.0 cm³/mol. The van der Waals surface area contributed by atoms with E-state index in [0.29, 0.717) is 22.3 Å². The second kappa shape index (κ2) is 6.46. The maximum atomic E-state index is 12.1. The quantitative estimate of drug-likeness (QED) is 0.930. The smallest absolute Gasteiger partial charge is 0.260 e. The van der Waals surface area contributed by atoms with E-state index in [1.807, 2.05) is 11.8 Å². The van der Waals surface area contributed by atoms with Crippen LogP contribution in [0.25, 0.3) is 0 Å². The molecule has 0 aliphatic carbocycles. The highest BCUT2D eigenvalue weighted by Crippen LogP contribution is 2.27. The van der Waals surface area contributed by atoms with Gasteiger partial charge in [0, 0.05) is 30.7 Å². The predicted octanol–water partition coefficient (Wildman–Crippen LogP) is 2.19. The third-order valence-electron chi connectivity index (χ3n) is 3.07. The van der Waals surface area contributed by atoms with Gasteiger partial charge in [-0.25, -0.2) is 0 Å². The summed E-state index contributed by atoms with van der Waals surface area (Å²) in [5.74, 6) is 0.447. The standard InChI is InChI=1S/C13H16Cl2N2O2/c1-9-7-16-4-5-17(9)13(18)8-19-12-3-2-10(14)6-11(12)15/h2-3,6,9,16H,4-5,7-8H2,1H3/t9-/m0/s1. The molecule has 104 valence electrons. The summed E-state index contributed by atoms with van der Waals surface area (Å²) < 4.78 is 5.45. The molecular formula is C13H16Cl2N2O2. The van der Waals surface area contributed by atoms with Crippen molar-refractivity contribution in [2.75, 3.05) is 26.2 Å². The number of nitrogens with one attached hydrogen (secondary N) is 1. The molecule has 1 amide bonds. The van der Waals surface area contributed by atoms with E-state index in [-0.39, 0.29) is 18.6 Å². The van der Waals surface area contributed by atoms with E-state index >= 15 is 0 Å². The van der Waals surface area contributed by atoms with E-state index < -0.39 is 0 Å². The topological polar surface area (TPSA) is 41.6 Å². The van der Waals surface area contributed by atoms with E-state index in [0.717, 1.165) is 13.1 Å². The maximum absolute atomic E-state index is 12.1. The van der Waals surface area contributed by atoms with Crippen LogP contribution in [0.1, 0.15) is 6.92 Å². The fourth-order valence-corrected chi connectivity index (χ4v) is 2.49. The Hall–Kier alpha value is -0.970. The van der Waals surface area contributed by atoms with Crippen LogP contribution in [0.3, 0.4) is 0 Å². The molecule has 1 aromatic carbocycles. The SMILES string of the molecule is C[C@H]1CNCCN1C(=O)COc1ccc(Cl)cc1Cl. The first kappa shape index (κ1) is 14.4.